The summed E-state index contributed by atoms with van der Waals surface area (Å²) < 4.78 is 0. The maximum atomic E-state index is 11.9. The van der Waals surface area contributed by atoms with Crippen LogP contribution in [0.2, 0.25) is 5.02 Å². The van der Waals surface area contributed by atoms with Gasteiger partial charge >= 0.3 is 5.97 Å². The lowest BCUT2D eigenvalue weighted by atomic mass is 10.1. The second-order valence-electron chi connectivity index (χ2n) is 4.39. The van der Waals surface area contributed by atoms with Crippen LogP contribution in [0.1, 0.15) is 15.9 Å². The van der Waals surface area contributed by atoms with Crippen molar-refractivity contribution in [3.63, 3.8) is 0 Å². The number of anilines is 1. The number of carbonyl (C=O) groups is 2. The van der Waals surface area contributed by atoms with Gasteiger partial charge in [-0.2, -0.15) is 0 Å². The summed E-state index contributed by atoms with van der Waals surface area (Å²) in [5.74, 6) is -1.92. The van der Waals surface area contributed by atoms with Crippen LogP contribution in [0.25, 0.3) is 0 Å². The van der Waals surface area contributed by atoms with Crippen LogP contribution in [-0.4, -0.2) is 22.1 Å². The molecule has 0 heterocycles. The molecule has 0 saturated carbocycles. The Morgan fingerprint density at radius 3 is 2.52 bits per heavy atom. The fraction of sp³-hybridized carbons (Fsp3) is 0.0667. The van der Waals surface area contributed by atoms with Crippen LogP contribution in [0, 0.1) is 0 Å². The number of aromatic carboxylic acids is 1. The Bertz CT molecular complexity index is 700. The molecular formula is C15H12ClNO4. The Kier molecular flexibility index (Phi) is 4.45. The third-order valence-electron chi connectivity index (χ3n) is 2.77. The number of carboxylic acids is 1. The number of carboxylic acid groups (broad SMARTS) is 1. The fourth-order valence-corrected chi connectivity index (χ4v) is 2.04. The minimum atomic E-state index is -1.23. The van der Waals surface area contributed by atoms with Gasteiger partial charge in [0.15, 0.2) is 0 Å². The molecule has 0 fully saturated rings. The summed E-state index contributed by atoms with van der Waals surface area (Å²) in [6.07, 6.45) is 0.127. The highest BCUT2D eigenvalue weighted by molar-refractivity contribution is 6.30. The summed E-state index contributed by atoms with van der Waals surface area (Å²) in [4.78, 5) is 22.6. The highest BCUT2D eigenvalue weighted by Crippen LogP contribution is 2.22. The van der Waals surface area contributed by atoms with Gasteiger partial charge < -0.3 is 15.5 Å². The molecule has 21 heavy (non-hydrogen) atoms. The van der Waals surface area contributed by atoms with Crippen molar-refractivity contribution in [2.45, 2.75) is 6.42 Å². The predicted octanol–water partition coefficient (Wildman–Crippen LogP) is 2.93. The molecule has 0 aliphatic heterocycles. The molecule has 0 aliphatic carbocycles. The summed E-state index contributed by atoms with van der Waals surface area (Å²) in [6, 6.07) is 10.8. The van der Waals surface area contributed by atoms with E-state index in [0.717, 1.165) is 5.56 Å². The molecule has 0 bridgehead atoms. The Morgan fingerprint density at radius 2 is 1.90 bits per heavy atom. The van der Waals surface area contributed by atoms with Crippen LogP contribution >= 0.6 is 11.6 Å². The maximum Gasteiger partial charge on any atom is 0.339 e. The molecule has 1 amide bonds. The normalized spacial score (nSPS) is 10.1. The van der Waals surface area contributed by atoms with Gasteiger partial charge in [-0.1, -0.05) is 23.7 Å². The average Bonchev–Trinajstić information content (AvgIpc) is 2.38. The first-order valence-electron chi connectivity index (χ1n) is 6.06. The fourth-order valence-electron chi connectivity index (χ4n) is 1.83. The van der Waals surface area contributed by atoms with Crippen molar-refractivity contribution < 1.29 is 19.8 Å². The summed E-state index contributed by atoms with van der Waals surface area (Å²) in [7, 11) is 0. The standard InChI is InChI=1S/C15H12ClNO4/c16-10-3-1-2-9(6-10)7-14(19)17-11-4-5-12(15(20)21)13(18)8-11/h1-6,8,18H,7H2,(H,17,19)(H,20,21). The van der Waals surface area contributed by atoms with E-state index < -0.39 is 11.7 Å². The van der Waals surface area contributed by atoms with Crippen molar-refractivity contribution in [1.82, 2.24) is 0 Å². The van der Waals surface area contributed by atoms with E-state index in [4.69, 9.17) is 16.7 Å². The van der Waals surface area contributed by atoms with Crippen LogP contribution in [0.4, 0.5) is 5.69 Å². The lowest BCUT2D eigenvalue weighted by molar-refractivity contribution is -0.115. The number of hydrogen-bond acceptors (Lipinski definition) is 3. The largest absolute Gasteiger partial charge is 0.507 e. The molecule has 0 radical (unpaired) electrons. The smallest absolute Gasteiger partial charge is 0.339 e. The number of aromatic hydroxyl groups is 1. The molecular weight excluding hydrogens is 294 g/mol. The van der Waals surface area contributed by atoms with E-state index in [9.17, 15) is 14.7 Å². The first-order valence-corrected chi connectivity index (χ1v) is 6.44. The molecule has 2 aromatic carbocycles. The van der Waals surface area contributed by atoms with Crippen LogP contribution in [0.5, 0.6) is 5.75 Å². The molecule has 2 aromatic rings. The Labute approximate surface area is 125 Å². The summed E-state index contributed by atoms with van der Waals surface area (Å²) in [6.45, 7) is 0. The van der Waals surface area contributed by atoms with Crippen LogP contribution in [0.15, 0.2) is 42.5 Å². The number of halogens is 1. The van der Waals surface area contributed by atoms with Gasteiger partial charge in [0.05, 0.1) is 6.42 Å². The van der Waals surface area contributed by atoms with Crippen molar-refractivity contribution in [1.29, 1.82) is 0 Å². The average molecular weight is 306 g/mol. The summed E-state index contributed by atoms with van der Waals surface area (Å²) >= 11 is 5.84. The minimum absolute atomic E-state index is 0.127. The van der Waals surface area contributed by atoms with E-state index in [-0.39, 0.29) is 17.9 Å². The molecule has 0 atom stereocenters. The molecule has 0 aromatic heterocycles. The van der Waals surface area contributed by atoms with Gasteiger partial charge in [0.2, 0.25) is 5.91 Å². The van der Waals surface area contributed by atoms with Gasteiger partial charge in [-0.25, -0.2) is 4.79 Å². The second kappa shape index (κ2) is 6.28. The number of hydrogen-bond donors (Lipinski definition) is 3. The molecule has 6 heteroatoms. The van der Waals surface area contributed by atoms with E-state index in [1.54, 1.807) is 24.3 Å². The van der Waals surface area contributed by atoms with Gasteiger partial charge in [-0.05, 0) is 29.8 Å². The van der Waals surface area contributed by atoms with E-state index >= 15 is 0 Å². The maximum absolute atomic E-state index is 11.9. The number of rotatable bonds is 4. The molecule has 0 aliphatic rings. The Morgan fingerprint density at radius 1 is 1.14 bits per heavy atom. The van der Waals surface area contributed by atoms with Crippen molar-refractivity contribution in [2.75, 3.05) is 5.32 Å². The monoisotopic (exact) mass is 305 g/mol. The van der Waals surface area contributed by atoms with Crippen LogP contribution in [0.3, 0.4) is 0 Å². The van der Waals surface area contributed by atoms with Crippen molar-refractivity contribution >= 4 is 29.2 Å². The number of phenols is 1. The zero-order valence-electron chi connectivity index (χ0n) is 10.8. The van der Waals surface area contributed by atoms with E-state index in [1.165, 1.54) is 18.2 Å². The third kappa shape index (κ3) is 3.97. The number of carbonyl (C=O) groups excluding carboxylic acids is 1. The molecule has 2 rings (SSSR count). The van der Waals surface area contributed by atoms with E-state index in [1.807, 2.05) is 0 Å². The first-order chi connectivity index (χ1) is 9.95. The van der Waals surface area contributed by atoms with Crippen molar-refractivity contribution in [3.05, 3.63) is 58.6 Å². The molecule has 3 N–H and O–H groups in total. The molecule has 5 nitrogen and oxygen atoms in total. The highest BCUT2D eigenvalue weighted by Gasteiger charge is 2.11. The van der Waals surface area contributed by atoms with Gasteiger partial charge in [0.25, 0.3) is 0 Å². The third-order valence-corrected chi connectivity index (χ3v) is 3.00. The van der Waals surface area contributed by atoms with Crippen molar-refractivity contribution in [3.8, 4) is 5.75 Å². The second-order valence-corrected chi connectivity index (χ2v) is 4.83. The minimum Gasteiger partial charge on any atom is -0.507 e. The quantitative estimate of drug-likeness (QED) is 0.810. The zero-order chi connectivity index (χ0) is 15.4. The number of nitrogens with one attached hydrogen (secondary N) is 1. The first kappa shape index (κ1) is 14.9. The Hall–Kier alpha value is -2.53. The zero-order valence-corrected chi connectivity index (χ0v) is 11.6. The lowest BCUT2D eigenvalue weighted by Gasteiger charge is -2.07. The van der Waals surface area contributed by atoms with Gasteiger partial charge in [-0.3, -0.25) is 4.79 Å². The topological polar surface area (TPSA) is 86.6 Å². The molecule has 0 spiro atoms. The predicted molar refractivity (Wildman–Crippen MR) is 78.9 cm³/mol. The van der Waals surface area contributed by atoms with E-state index in [2.05, 4.69) is 5.32 Å². The Balaban J connectivity index is 2.06. The molecule has 0 saturated heterocycles. The van der Waals surface area contributed by atoms with Gasteiger partial charge in [0, 0.05) is 16.8 Å². The molecule has 108 valence electrons. The van der Waals surface area contributed by atoms with E-state index in [0.29, 0.717) is 10.7 Å². The number of amides is 1. The van der Waals surface area contributed by atoms with Gasteiger partial charge in [-0.15, -0.1) is 0 Å². The van der Waals surface area contributed by atoms with Crippen LogP contribution in [-0.2, 0) is 11.2 Å². The number of benzene rings is 2. The summed E-state index contributed by atoms with van der Waals surface area (Å²) in [5, 5.41) is 21.5. The lowest BCUT2D eigenvalue weighted by Crippen LogP contribution is -2.14. The van der Waals surface area contributed by atoms with Crippen molar-refractivity contribution in [2.24, 2.45) is 0 Å². The highest BCUT2D eigenvalue weighted by atomic mass is 35.5. The van der Waals surface area contributed by atoms with Crippen LogP contribution < -0.4 is 5.32 Å². The summed E-state index contributed by atoms with van der Waals surface area (Å²) in [5.41, 5.74) is 0.860. The molecule has 0 unspecified atom stereocenters. The van der Waals surface area contributed by atoms with Gasteiger partial charge in [0.1, 0.15) is 11.3 Å². The SMILES string of the molecule is O=C(Cc1cccc(Cl)c1)Nc1ccc(C(=O)O)c(O)c1.